The third-order valence-electron chi connectivity index (χ3n) is 2.83. The highest BCUT2D eigenvalue weighted by Crippen LogP contribution is 2.34. The van der Waals surface area contributed by atoms with Gasteiger partial charge in [-0.2, -0.15) is 5.10 Å². The Kier molecular flexibility index (Phi) is 5.45. The number of halogens is 2. The molecule has 0 aliphatic rings. The summed E-state index contributed by atoms with van der Waals surface area (Å²) in [5.41, 5.74) is 1.06. The quantitative estimate of drug-likeness (QED) is 0.821. The van der Waals surface area contributed by atoms with Gasteiger partial charge in [-0.3, -0.25) is 4.68 Å². The van der Waals surface area contributed by atoms with Crippen LogP contribution >= 0.6 is 38.9 Å². The first-order chi connectivity index (χ1) is 9.17. The minimum absolute atomic E-state index is 0.0999. The van der Waals surface area contributed by atoms with Gasteiger partial charge in [0.15, 0.2) is 0 Å². The second-order valence-corrected chi connectivity index (χ2v) is 7.14. The molecule has 0 saturated carbocycles. The van der Waals surface area contributed by atoms with Crippen molar-refractivity contribution >= 4 is 38.9 Å². The fourth-order valence-corrected chi connectivity index (χ4v) is 3.82. The van der Waals surface area contributed by atoms with E-state index in [1.54, 1.807) is 17.5 Å². The van der Waals surface area contributed by atoms with E-state index in [0.717, 1.165) is 34.0 Å². The lowest BCUT2D eigenvalue weighted by Gasteiger charge is -2.18. The molecule has 0 radical (unpaired) electrons. The van der Waals surface area contributed by atoms with Crippen molar-refractivity contribution in [1.29, 1.82) is 0 Å². The molecule has 2 heterocycles. The van der Waals surface area contributed by atoms with Crippen molar-refractivity contribution in [1.82, 2.24) is 15.1 Å². The summed E-state index contributed by atoms with van der Waals surface area (Å²) in [4.78, 5) is 1.24. The minimum Gasteiger partial charge on any atom is -0.305 e. The van der Waals surface area contributed by atoms with E-state index in [4.69, 9.17) is 11.6 Å². The molecule has 3 nitrogen and oxygen atoms in total. The van der Waals surface area contributed by atoms with Crippen LogP contribution in [0.25, 0.3) is 0 Å². The zero-order valence-corrected chi connectivity index (χ0v) is 14.1. The first kappa shape index (κ1) is 15.0. The van der Waals surface area contributed by atoms with Gasteiger partial charge in [0.2, 0.25) is 0 Å². The van der Waals surface area contributed by atoms with Crippen LogP contribution in [0.4, 0.5) is 0 Å². The molecule has 0 aliphatic heterocycles. The van der Waals surface area contributed by atoms with Gasteiger partial charge in [-0.1, -0.05) is 25.4 Å². The van der Waals surface area contributed by atoms with E-state index in [1.807, 2.05) is 4.68 Å². The number of aromatic nitrogens is 2. The van der Waals surface area contributed by atoms with Crippen LogP contribution in [0, 0.1) is 0 Å². The predicted octanol–water partition coefficient (Wildman–Crippen LogP) is 4.47. The summed E-state index contributed by atoms with van der Waals surface area (Å²) in [6, 6.07) is 4.29. The van der Waals surface area contributed by atoms with Crippen LogP contribution in [0.15, 0.2) is 22.1 Å². The van der Waals surface area contributed by atoms with Crippen LogP contribution in [0.5, 0.6) is 0 Å². The van der Waals surface area contributed by atoms with Gasteiger partial charge in [0, 0.05) is 11.4 Å². The molecule has 0 saturated heterocycles. The van der Waals surface area contributed by atoms with E-state index in [-0.39, 0.29) is 6.04 Å². The number of hydrogen-bond acceptors (Lipinski definition) is 3. The van der Waals surface area contributed by atoms with E-state index in [9.17, 15) is 0 Å². The second-order valence-electron chi connectivity index (χ2n) is 4.23. The second kappa shape index (κ2) is 6.88. The molecule has 104 valence electrons. The Balaban J connectivity index is 2.41. The molecule has 0 aliphatic carbocycles. The van der Waals surface area contributed by atoms with E-state index in [2.05, 4.69) is 52.3 Å². The molecule has 19 heavy (non-hydrogen) atoms. The number of nitrogens with zero attached hydrogens (tertiary/aromatic N) is 2. The van der Waals surface area contributed by atoms with E-state index in [1.165, 1.54) is 4.88 Å². The predicted molar refractivity (Wildman–Crippen MR) is 85.1 cm³/mol. The number of rotatable bonds is 6. The molecule has 2 aromatic rings. The molecule has 2 aromatic heterocycles. The van der Waals surface area contributed by atoms with Crippen LogP contribution < -0.4 is 5.32 Å². The van der Waals surface area contributed by atoms with Gasteiger partial charge in [0.1, 0.15) is 0 Å². The van der Waals surface area contributed by atoms with Crippen LogP contribution in [0.3, 0.4) is 0 Å². The fraction of sp³-hybridized carbons (Fsp3) is 0.462. The van der Waals surface area contributed by atoms with Crippen LogP contribution in [-0.2, 0) is 6.54 Å². The maximum absolute atomic E-state index is 6.34. The summed E-state index contributed by atoms with van der Waals surface area (Å²) in [7, 11) is 0. The van der Waals surface area contributed by atoms with Crippen molar-refractivity contribution in [2.45, 2.75) is 32.9 Å². The molecule has 6 heteroatoms. The third kappa shape index (κ3) is 3.40. The van der Waals surface area contributed by atoms with Gasteiger partial charge in [-0.25, -0.2) is 0 Å². The minimum atomic E-state index is 0.0999. The summed E-state index contributed by atoms with van der Waals surface area (Å²) in [5.74, 6) is 0. The molecular formula is C13H17BrClN3S. The average molecular weight is 363 g/mol. The highest BCUT2D eigenvalue weighted by Gasteiger charge is 2.22. The molecule has 2 rings (SSSR count). The van der Waals surface area contributed by atoms with Gasteiger partial charge in [0.05, 0.1) is 26.7 Å². The van der Waals surface area contributed by atoms with Crippen molar-refractivity contribution in [3.8, 4) is 0 Å². The van der Waals surface area contributed by atoms with Crippen molar-refractivity contribution < 1.29 is 0 Å². The third-order valence-corrected chi connectivity index (χ3v) is 4.81. The maximum atomic E-state index is 6.34. The standard InChI is InChI=1S/C13H17BrClN3S/c1-3-7-18-13(9(15)8-17-18)12(16-4-2)10-5-6-11(14)19-10/h5-6,8,12,16H,3-4,7H2,1-2H3. The molecule has 0 aromatic carbocycles. The molecule has 1 N–H and O–H groups in total. The van der Waals surface area contributed by atoms with Crippen LogP contribution in [-0.4, -0.2) is 16.3 Å². The van der Waals surface area contributed by atoms with Crippen molar-refractivity contribution in [3.05, 3.63) is 37.7 Å². The Hall–Kier alpha value is -0.360. The van der Waals surface area contributed by atoms with Gasteiger partial charge in [0.25, 0.3) is 0 Å². The SMILES string of the molecule is CCCn1ncc(Cl)c1C(NCC)c1ccc(Br)s1. The van der Waals surface area contributed by atoms with Crippen LogP contribution in [0.1, 0.15) is 36.9 Å². The Morgan fingerprint density at radius 3 is 2.84 bits per heavy atom. The van der Waals surface area contributed by atoms with Crippen molar-refractivity contribution in [3.63, 3.8) is 0 Å². The molecule has 1 unspecified atom stereocenters. The largest absolute Gasteiger partial charge is 0.305 e. The smallest absolute Gasteiger partial charge is 0.0857 e. The summed E-state index contributed by atoms with van der Waals surface area (Å²) >= 11 is 11.6. The van der Waals surface area contributed by atoms with Crippen molar-refractivity contribution in [2.24, 2.45) is 0 Å². The Morgan fingerprint density at radius 2 is 2.26 bits per heavy atom. The van der Waals surface area contributed by atoms with Gasteiger partial charge < -0.3 is 5.32 Å². The zero-order valence-electron chi connectivity index (χ0n) is 11.0. The average Bonchev–Trinajstić information content (AvgIpc) is 2.95. The maximum Gasteiger partial charge on any atom is 0.0857 e. The highest BCUT2D eigenvalue weighted by atomic mass is 79.9. The lowest BCUT2D eigenvalue weighted by Crippen LogP contribution is -2.24. The number of nitrogens with one attached hydrogen (secondary N) is 1. The van der Waals surface area contributed by atoms with E-state index >= 15 is 0 Å². The van der Waals surface area contributed by atoms with Crippen molar-refractivity contribution in [2.75, 3.05) is 6.54 Å². The zero-order chi connectivity index (χ0) is 13.8. The summed E-state index contributed by atoms with van der Waals surface area (Å²) in [6.45, 7) is 6.01. The molecule has 1 atom stereocenters. The molecule has 0 amide bonds. The first-order valence-electron chi connectivity index (χ1n) is 6.37. The van der Waals surface area contributed by atoms with E-state index in [0.29, 0.717) is 0 Å². The number of thiophene rings is 1. The Morgan fingerprint density at radius 1 is 1.47 bits per heavy atom. The highest BCUT2D eigenvalue weighted by molar-refractivity contribution is 9.11. The normalized spacial score (nSPS) is 12.8. The summed E-state index contributed by atoms with van der Waals surface area (Å²) < 4.78 is 3.13. The molecule has 0 bridgehead atoms. The molecule has 0 spiro atoms. The fourth-order valence-electron chi connectivity index (χ4n) is 2.07. The molecular weight excluding hydrogens is 346 g/mol. The first-order valence-corrected chi connectivity index (χ1v) is 8.35. The summed E-state index contributed by atoms with van der Waals surface area (Å²) in [6.07, 6.45) is 2.78. The van der Waals surface area contributed by atoms with E-state index < -0.39 is 0 Å². The van der Waals surface area contributed by atoms with Gasteiger partial charge >= 0.3 is 0 Å². The lowest BCUT2D eigenvalue weighted by atomic mass is 10.1. The molecule has 0 fully saturated rings. The number of aryl methyl sites for hydroxylation is 1. The topological polar surface area (TPSA) is 29.9 Å². The Bertz CT molecular complexity index is 538. The monoisotopic (exact) mass is 361 g/mol. The van der Waals surface area contributed by atoms with Gasteiger partial charge in [-0.05, 0) is 41.0 Å². The summed E-state index contributed by atoms with van der Waals surface area (Å²) in [5, 5.41) is 8.60. The van der Waals surface area contributed by atoms with Crippen LogP contribution in [0.2, 0.25) is 5.02 Å². The van der Waals surface area contributed by atoms with Gasteiger partial charge in [-0.15, -0.1) is 11.3 Å². The Labute approximate surface area is 131 Å². The lowest BCUT2D eigenvalue weighted by molar-refractivity contribution is 0.524. The number of hydrogen-bond donors (Lipinski definition) is 1.